The van der Waals surface area contributed by atoms with E-state index in [2.05, 4.69) is 28.3 Å². The predicted octanol–water partition coefficient (Wildman–Crippen LogP) is 4.48. The molecule has 4 atom stereocenters. The molecular weight excluding hydrogens is 671 g/mol. The lowest BCUT2D eigenvalue weighted by Crippen LogP contribution is -2.69. The summed E-state index contributed by atoms with van der Waals surface area (Å²) in [7, 11) is 0.371. The van der Waals surface area contributed by atoms with Gasteiger partial charge in [-0.05, 0) is 73.1 Å². The number of hydrogen-bond acceptors (Lipinski definition) is 7. The molecule has 4 heterocycles. The summed E-state index contributed by atoms with van der Waals surface area (Å²) in [6.07, 6.45) is 5.51. The van der Waals surface area contributed by atoms with E-state index in [0.717, 1.165) is 57.7 Å². The summed E-state index contributed by atoms with van der Waals surface area (Å²) in [5.41, 5.74) is 4.36. The molecule has 1 aliphatic carbocycles. The highest BCUT2D eigenvalue weighted by atomic mass is 32.2. The quantitative estimate of drug-likeness (QED) is 0.398. The van der Waals surface area contributed by atoms with Crippen molar-refractivity contribution >= 4 is 38.8 Å². The lowest BCUT2D eigenvalue weighted by atomic mass is 9.71. The number of nitrogens with zero attached hydrogens (tertiary/aromatic N) is 4. The second kappa shape index (κ2) is 13.2. The standard InChI is InChI=1S/C38H49N5O7S/c1-23-32-17-29(49-6)13-15-30(32)35-34(25-10-8-7-9-11-25)31-14-12-26(36(45)39-51(47,48)40(4)5)16-33(31)42(35)22-38(23,3)37(46)43-27-18-41(24(2)44)19-28(43)21-50-20-27/h12-17,23,25,27-28H,7-11,18-22H2,1-6H3,(H,39,45). The zero-order valence-corrected chi connectivity index (χ0v) is 31.2. The minimum atomic E-state index is -4.02. The van der Waals surface area contributed by atoms with E-state index in [4.69, 9.17) is 9.47 Å². The number of benzene rings is 2. The van der Waals surface area contributed by atoms with Crippen LogP contribution in [0.2, 0.25) is 0 Å². The highest BCUT2D eigenvalue weighted by molar-refractivity contribution is 7.87. The molecule has 1 N–H and O–H groups in total. The molecule has 13 heteroatoms. The Morgan fingerprint density at radius 1 is 1.00 bits per heavy atom. The Labute approximate surface area is 300 Å². The van der Waals surface area contributed by atoms with E-state index in [0.29, 0.717) is 38.6 Å². The number of carbonyl (C=O) groups excluding carboxylic acids is 3. The number of morpholine rings is 1. The van der Waals surface area contributed by atoms with Gasteiger partial charge in [0.15, 0.2) is 0 Å². The van der Waals surface area contributed by atoms with Crippen molar-refractivity contribution in [1.82, 2.24) is 23.4 Å². The number of rotatable bonds is 6. The number of aromatic nitrogens is 1. The van der Waals surface area contributed by atoms with Crippen molar-refractivity contribution in [2.75, 3.05) is 47.5 Å². The average molecular weight is 720 g/mol. The summed E-state index contributed by atoms with van der Waals surface area (Å²) < 4.78 is 42.4. The molecule has 2 saturated heterocycles. The molecule has 3 fully saturated rings. The lowest BCUT2D eigenvalue weighted by molar-refractivity contribution is -0.170. The van der Waals surface area contributed by atoms with Crippen LogP contribution in [0.25, 0.3) is 22.2 Å². The first-order valence-electron chi connectivity index (χ1n) is 18.0. The Bertz CT molecular complexity index is 1990. The van der Waals surface area contributed by atoms with Crippen LogP contribution in [0.15, 0.2) is 36.4 Å². The van der Waals surface area contributed by atoms with Crippen LogP contribution in [-0.2, 0) is 31.1 Å². The van der Waals surface area contributed by atoms with Crippen molar-refractivity contribution in [1.29, 1.82) is 0 Å². The Balaban J connectivity index is 1.44. The van der Waals surface area contributed by atoms with Crippen LogP contribution in [-0.4, -0.2) is 104 Å². The summed E-state index contributed by atoms with van der Waals surface area (Å²) in [6.45, 7) is 7.62. The van der Waals surface area contributed by atoms with Crippen molar-refractivity contribution in [3.8, 4) is 17.0 Å². The van der Waals surface area contributed by atoms with Crippen molar-refractivity contribution in [2.24, 2.45) is 5.41 Å². The van der Waals surface area contributed by atoms with Crippen molar-refractivity contribution < 1.29 is 32.3 Å². The molecule has 2 bridgehead atoms. The highest BCUT2D eigenvalue weighted by Crippen LogP contribution is 2.53. The minimum Gasteiger partial charge on any atom is -0.497 e. The fraction of sp³-hybridized carbons (Fsp3) is 0.553. The predicted molar refractivity (Wildman–Crippen MR) is 194 cm³/mol. The summed E-state index contributed by atoms with van der Waals surface area (Å²) >= 11 is 0. The van der Waals surface area contributed by atoms with Gasteiger partial charge in [0.25, 0.3) is 5.91 Å². The SMILES string of the molecule is COc1ccc2c(c1)C(C)C(C)(C(=O)N1C3COCC1CN(C(C)=O)C3)Cn1c-2c(C2CCCCC2)c2ccc(C(=O)NS(=O)(=O)N(C)C)cc21. The van der Waals surface area contributed by atoms with Crippen molar-refractivity contribution in [3.63, 3.8) is 0 Å². The molecule has 274 valence electrons. The number of fused-ring (bicyclic) bond motifs is 7. The fourth-order valence-electron chi connectivity index (χ4n) is 8.89. The zero-order chi connectivity index (χ0) is 36.4. The normalized spacial score (nSPS) is 25.3. The van der Waals surface area contributed by atoms with Crippen LogP contribution < -0.4 is 9.46 Å². The number of piperazine rings is 1. The first-order chi connectivity index (χ1) is 24.2. The Morgan fingerprint density at radius 3 is 2.31 bits per heavy atom. The number of amides is 3. The number of hydrogen-bond donors (Lipinski definition) is 1. The molecule has 2 aromatic carbocycles. The van der Waals surface area contributed by atoms with Crippen molar-refractivity contribution in [3.05, 3.63) is 53.1 Å². The zero-order valence-electron chi connectivity index (χ0n) is 30.4. The van der Waals surface area contributed by atoms with Crippen LogP contribution in [0, 0.1) is 5.41 Å². The Morgan fingerprint density at radius 2 is 1.69 bits per heavy atom. The van der Waals surface area contributed by atoms with Gasteiger partial charge in [-0.2, -0.15) is 12.7 Å². The van der Waals surface area contributed by atoms with E-state index in [1.807, 2.05) is 28.9 Å². The van der Waals surface area contributed by atoms with Crippen LogP contribution in [0.4, 0.5) is 0 Å². The molecule has 51 heavy (non-hydrogen) atoms. The van der Waals surface area contributed by atoms with Crippen LogP contribution >= 0.6 is 0 Å². The highest BCUT2D eigenvalue weighted by Gasteiger charge is 2.52. The van der Waals surface area contributed by atoms with E-state index in [9.17, 15) is 18.0 Å². The second-order valence-electron chi connectivity index (χ2n) is 15.2. The summed E-state index contributed by atoms with van der Waals surface area (Å²) in [5, 5.41) is 1.01. The van der Waals surface area contributed by atoms with Gasteiger partial charge in [0.05, 0.1) is 43.5 Å². The molecule has 0 spiro atoms. The van der Waals surface area contributed by atoms with E-state index in [1.54, 1.807) is 26.2 Å². The largest absolute Gasteiger partial charge is 0.497 e. The van der Waals surface area contributed by atoms with Gasteiger partial charge >= 0.3 is 10.2 Å². The van der Waals surface area contributed by atoms with Gasteiger partial charge in [0.2, 0.25) is 11.8 Å². The molecule has 4 unspecified atom stereocenters. The van der Waals surface area contributed by atoms with E-state index in [-0.39, 0.29) is 41.3 Å². The third-order valence-electron chi connectivity index (χ3n) is 11.9. The third kappa shape index (κ3) is 6.00. The first-order valence-corrected chi connectivity index (χ1v) is 19.4. The first kappa shape index (κ1) is 35.5. The van der Waals surface area contributed by atoms with Gasteiger partial charge in [0.1, 0.15) is 5.75 Å². The maximum atomic E-state index is 15.3. The molecule has 3 aromatic rings. The summed E-state index contributed by atoms with van der Waals surface area (Å²) in [6, 6.07) is 11.0. The van der Waals surface area contributed by atoms with Gasteiger partial charge in [0, 0.05) is 62.7 Å². The van der Waals surface area contributed by atoms with Gasteiger partial charge in [-0.25, -0.2) is 4.72 Å². The Hall–Kier alpha value is -3.94. The third-order valence-corrected chi connectivity index (χ3v) is 13.3. The van der Waals surface area contributed by atoms with Gasteiger partial charge < -0.3 is 23.8 Å². The molecule has 1 aromatic heterocycles. The van der Waals surface area contributed by atoms with Crippen molar-refractivity contribution in [2.45, 2.75) is 83.3 Å². The number of carbonyl (C=O) groups is 3. The molecule has 1 saturated carbocycles. The monoisotopic (exact) mass is 719 g/mol. The average Bonchev–Trinajstić information content (AvgIpc) is 3.37. The number of methoxy groups -OCH3 is 1. The molecule has 3 aliphatic heterocycles. The number of ether oxygens (including phenoxy) is 2. The van der Waals surface area contributed by atoms with Crippen LogP contribution in [0.3, 0.4) is 0 Å². The second-order valence-corrected chi connectivity index (χ2v) is 17.1. The topological polar surface area (TPSA) is 130 Å². The molecule has 7 rings (SSSR count). The van der Waals surface area contributed by atoms with Crippen LogP contribution in [0.5, 0.6) is 5.75 Å². The van der Waals surface area contributed by atoms with Gasteiger partial charge in [-0.3, -0.25) is 14.4 Å². The number of nitrogens with one attached hydrogen (secondary N) is 1. The molecule has 3 amide bonds. The smallest absolute Gasteiger partial charge is 0.303 e. The summed E-state index contributed by atoms with van der Waals surface area (Å²) in [5.74, 6) is 0.0282. The van der Waals surface area contributed by atoms with E-state index in [1.165, 1.54) is 26.1 Å². The van der Waals surface area contributed by atoms with Crippen LogP contribution in [0.1, 0.15) is 86.2 Å². The molecule has 12 nitrogen and oxygen atoms in total. The van der Waals surface area contributed by atoms with E-state index >= 15 is 4.79 Å². The minimum absolute atomic E-state index is 0.00478. The molecule has 4 aliphatic rings. The van der Waals surface area contributed by atoms with Gasteiger partial charge in [-0.15, -0.1) is 0 Å². The maximum absolute atomic E-state index is 15.3. The van der Waals surface area contributed by atoms with Gasteiger partial charge in [-0.1, -0.05) is 32.3 Å². The summed E-state index contributed by atoms with van der Waals surface area (Å²) in [4.78, 5) is 45.0. The fourth-order valence-corrected chi connectivity index (χ4v) is 9.43. The van der Waals surface area contributed by atoms with E-state index < -0.39 is 21.5 Å². The maximum Gasteiger partial charge on any atom is 0.303 e. The molecular formula is C38H49N5O7S. The Kier molecular flexibility index (Phi) is 9.20. The lowest BCUT2D eigenvalue weighted by Gasteiger charge is -2.52. The molecule has 0 radical (unpaired) electrons.